The van der Waals surface area contributed by atoms with E-state index in [1.807, 2.05) is 0 Å². The van der Waals surface area contributed by atoms with Gasteiger partial charge in [0.05, 0.1) is 23.4 Å². The lowest BCUT2D eigenvalue weighted by atomic mass is 10.2. The predicted octanol–water partition coefficient (Wildman–Crippen LogP) is -1.40. The molecule has 3 N–H and O–H groups in total. The minimum atomic E-state index is -2.99. The molecule has 1 aromatic rings. The van der Waals surface area contributed by atoms with Gasteiger partial charge in [0, 0.05) is 12.1 Å². The lowest BCUT2D eigenvalue weighted by molar-refractivity contribution is -0.122. The first-order chi connectivity index (χ1) is 8.85. The molecule has 0 saturated carbocycles. The number of rotatable bonds is 4. The maximum absolute atomic E-state index is 11.7. The van der Waals surface area contributed by atoms with Crippen molar-refractivity contribution in [2.75, 3.05) is 11.5 Å². The fraction of sp³-hybridized carbons (Fsp3) is 0.700. The highest BCUT2D eigenvalue weighted by Gasteiger charge is 2.28. The van der Waals surface area contributed by atoms with E-state index in [-0.39, 0.29) is 36.0 Å². The van der Waals surface area contributed by atoms with E-state index < -0.39 is 9.84 Å². The number of amides is 1. The summed E-state index contributed by atoms with van der Waals surface area (Å²) in [6, 6.07) is -0.536. The quantitative estimate of drug-likeness (QED) is 0.703. The molecule has 8 nitrogen and oxygen atoms in total. The van der Waals surface area contributed by atoms with E-state index in [0.29, 0.717) is 12.1 Å². The van der Waals surface area contributed by atoms with Crippen molar-refractivity contribution in [1.82, 2.24) is 20.3 Å². The molecule has 2 rings (SSSR count). The molecule has 1 aliphatic rings. The summed E-state index contributed by atoms with van der Waals surface area (Å²) in [7, 11) is -2.99. The van der Waals surface area contributed by atoms with Gasteiger partial charge in [0.15, 0.2) is 9.84 Å². The summed E-state index contributed by atoms with van der Waals surface area (Å²) >= 11 is 0. The predicted molar refractivity (Wildman–Crippen MR) is 67.8 cm³/mol. The van der Waals surface area contributed by atoms with Crippen molar-refractivity contribution in [1.29, 1.82) is 0 Å². The number of carbonyl (C=O) groups is 1. The van der Waals surface area contributed by atoms with E-state index in [0.717, 1.165) is 0 Å². The van der Waals surface area contributed by atoms with E-state index >= 15 is 0 Å². The largest absolute Gasteiger partial charge is 0.351 e. The zero-order chi connectivity index (χ0) is 14.0. The standard InChI is InChI=1S/C10H17N5O3S/c1-7(11)9-4-15(14-13-9)5-10(16)12-8-2-3-19(17,18)6-8/h4,7-8H,2-3,5-6,11H2,1H3,(H,12,16). The molecule has 2 unspecified atom stereocenters. The van der Waals surface area contributed by atoms with Gasteiger partial charge in [0.25, 0.3) is 0 Å². The zero-order valence-corrected chi connectivity index (χ0v) is 11.4. The van der Waals surface area contributed by atoms with Crippen LogP contribution in [0.15, 0.2) is 6.20 Å². The number of aromatic nitrogens is 3. The molecule has 1 fully saturated rings. The summed E-state index contributed by atoms with van der Waals surface area (Å²) in [6.07, 6.45) is 2.08. The van der Waals surface area contributed by atoms with Crippen LogP contribution in [0.1, 0.15) is 25.1 Å². The average Bonchev–Trinajstić information content (AvgIpc) is 2.85. The van der Waals surface area contributed by atoms with Crippen LogP contribution < -0.4 is 11.1 Å². The SMILES string of the molecule is CC(N)c1cn(CC(=O)NC2CCS(=O)(=O)C2)nn1. The van der Waals surface area contributed by atoms with Gasteiger partial charge < -0.3 is 11.1 Å². The minimum Gasteiger partial charge on any atom is -0.351 e. The molecule has 1 amide bonds. The number of hydrogen-bond donors (Lipinski definition) is 2. The summed E-state index contributed by atoms with van der Waals surface area (Å²) in [5, 5.41) is 10.3. The maximum Gasteiger partial charge on any atom is 0.242 e. The summed E-state index contributed by atoms with van der Waals surface area (Å²) in [4.78, 5) is 11.7. The molecule has 106 valence electrons. The molecular weight excluding hydrogens is 270 g/mol. The van der Waals surface area contributed by atoms with Crippen LogP contribution in [0.5, 0.6) is 0 Å². The Hall–Kier alpha value is -1.48. The van der Waals surface area contributed by atoms with Crippen LogP contribution in [-0.4, -0.2) is 46.9 Å². The van der Waals surface area contributed by atoms with Crippen molar-refractivity contribution in [3.8, 4) is 0 Å². The third-order valence-electron chi connectivity index (χ3n) is 2.93. The Bertz CT molecular complexity index is 565. The number of nitrogens with one attached hydrogen (secondary N) is 1. The monoisotopic (exact) mass is 287 g/mol. The second kappa shape index (κ2) is 5.25. The first-order valence-electron chi connectivity index (χ1n) is 6.01. The van der Waals surface area contributed by atoms with E-state index in [4.69, 9.17) is 5.73 Å². The number of hydrogen-bond acceptors (Lipinski definition) is 6. The van der Waals surface area contributed by atoms with Crippen molar-refractivity contribution >= 4 is 15.7 Å². The van der Waals surface area contributed by atoms with Gasteiger partial charge >= 0.3 is 0 Å². The van der Waals surface area contributed by atoms with Gasteiger partial charge in [-0.1, -0.05) is 5.21 Å². The van der Waals surface area contributed by atoms with Crippen LogP contribution in [0.25, 0.3) is 0 Å². The molecule has 2 atom stereocenters. The van der Waals surface area contributed by atoms with Crippen molar-refractivity contribution in [2.45, 2.75) is 32.0 Å². The molecule has 19 heavy (non-hydrogen) atoms. The van der Waals surface area contributed by atoms with Gasteiger partial charge in [-0.25, -0.2) is 13.1 Å². The third kappa shape index (κ3) is 3.74. The Morgan fingerprint density at radius 2 is 2.42 bits per heavy atom. The Balaban J connectivity index is 1.87. The lowest BCUT2D eigenvalue weighted by Crippen LogP contribution is -2.37. The maximum atomic E-state index is 11.7. The highest BCUT2D eigenvalue weighted by Crippen LogP contribution is 2.11. The third-order valence-corrected chi connectivity index (χ3v) is 4.69. The van der Waals surface area contributed by atoms with Gasteiger partial charge in [0.2, 0.25) is 5.91 Å². The first-order valence-corrected chi connectivity index (χ1v) is 7.83. The van der Waals surface area contributed by atoms with Crippen LogP contribution in [0.3, 0.4) is 0 Å². The summed E-state index contributed by atoms with van der Waals surface area (Å²) in [6.45, 7) is 1.79. The second-order valence-corrected chi connectivity index (χ2v) is 7.03. The van der Waals surface area contributed by atoms with E-state index in [1.54, 1.807) is 13.1 Å². The second-order valence-electron chi connectivity index (χ2n) is 4.80. The fourth-order valence-corrected chi connectivity index (χ4v) is 3.60. The molecule has 1 aliphatic heterocycles. The van der Waals surface area contributed by atoms with Crippen molar-refractivity contribution in [2.24, 2.45) is 5.73 Å². The average molecular weight is 287 g/mol. The van der Waals surface area contributed by atoms with Gasteiger partial charge in [-0.3, -0.25) is 4.79 Å². The van der Waals surface area contributed by atoms with E-state index in [1.165, 1.54) is 4.68 Å². The first kappa shape index (κ1) is 13.9. The molecular formula is C10H17N5O3S. The van der Waals surface area contributed by atoms with Gasteiger partial charge in [-0.2, -0.15) is 0 Å². The molecule has 1 aromatic heterocycles. The Morgan fingerprint density at radius 3 is 2.95 bits per heavy atom. The van der Waals surface area contributed by atoms with Crippen LogP contribution in [-0.2, 0) is 21.2 Å². The highest BCUT2D eigenvalue weighted by atomic mass is 32.2. The van der Waals surface area contributed by atoms with Crippen molar-refractivity contribution in [3.05, 3.63) is 11.9 Å². The topological polar surface area (TPSA) is 120 Å². The molecule has 0 aromatic carbocycles. The summed E-state index contributed by atoms with van der Waals surface area (Å²) < 4.78 is 23.9. The lowest BCUT2D eigenvalue weighted by Gasteiger charge is -2.10. The number of nitrogens with two attached hydrogens (primary N) is 1. The highest BCUT2D eigenvalue weighted by molar-refractivity contribution is 7.91. The molecule has 0 bridgehead atoms. The Morgan fingerprint density at radius 1 is 1.68 bits per heavy atom. The number of nitrogens with zero attached hydrogens (tertiary/aromatic N) is 3. The van der Waals surface area contributed by atoms with Crippen LogP contribution in [0, 0.1) is 0 Å². The summed E-state index contributed by atoms with van der Waals surface area (Å²) in [5.74, 6) is -0.125. The van der Waals surface area contributed by atoms with Gasteiger partial charge in [0.1, 0.15) is 6.54 Å². The normalized spacial score (nSPS) is 23.2. The van der Waals surface area contributed by atoms with Gasteiger partial charge in [-0.05, 0) is 13.3 Å². The van der Waals surface area contributed by atoms with Crippen LogP contribution in [0.4, 0.5) is 0 Å². The van der Waals surface area contributed by atoms with Crippen LogP contribution >= 0.6 is 0 Å². The molecule has 2 heterocycles. The molecule has 9 heteroatoms. The van der Waals surface area contributed by atoms with Crippen molar-refractivity contribution in [3.63, 3.8) is 0 Å². The molecule has 0 spiro atoms. The molecule has 0 radical (unpaired) electrons. The van der Waals surface area contributed by atoms with Crippen molar-refractivity contribution < 1.29 is 13.2 Å². The Labute approximate surface area is 111 Å². The van der Waals surface area contributed by atoms with E-state index in [9.17, 15) is 13.2 Å². The van der Waals surface area contributed by atoms with E-state index in [2.05, 4.69) is 15.6 Å². The summed E-state index contributed by atoms with van der Waals surface area (Å²) in [5.41, 5.74) is 6.24. The number of carbonyl (C=O) groups excluding carboxylic acids is 1. The Kier molecular flexibility index (Phi) is 3.85. The fourth-order valence-electron chi connectivity index (χ4n) is 1.93. The molecule has 0 aliphatic carbocycles. The number of sulfone groups is 1. The molecule has 1 saturated heterocycles. The van der Waals surface area contributed by atoms with Crippen LogP contribution in [0.2, 0.25) is 0 Å². The smallest absolute Gasteiger partial charge is 0.242 e. The zero-order valence-electron chi connectivity index (χ0n) is 10.6. The van der Waals surface area contributed by atoms with Gasteiger partial charge in [-0.15, -0.1) is 5.10 Å². The minimum absolute atomic E-state index is 0.0102.